The van der Waals surface area contributed by atoms with E-state index in [-0.39, 0.29) is 11.6 Å². The number of aromatic amines is 1. The topological polar surface area (TPSA) is 159 Å². The normalized spacial score (nSPS) is 10.6. The van der Waals surface area contributed by atoms with Crippen LogP contribution in [0, 0.1) is 34.1 Å². The van der Waals surface area contributed by atoms with Gasteiger partial charge in [-0.15, -0.1) is 0 Å². The van der Waals surface area contributed by atoms with Crippen LogP contribution in [0.15, 0.2) is 12.4 Å². The van der Waals surface area contributed by atoms with E-state index in [9.17, 15) is 25.0 Å². The van der Waals surface area contributed by atoms with Crippen molar-refractivity contribution in [1.29, 1.82) is 0 Å². The lowest BCUT2D eigenvalue weighted by Gasteiger charge is -2.22. The molecule has 0 saturated carbocycles. The van der Waals surface area contributed by atoms with Crippen LogP contribution in [0.2, 0.25) is 0 Å². The first-order chi connectivity index (χ1) is 11.5. The summed E-state index contributed by atoms with van der Waals surface area (Å²) >= 11 is 0. The van der Waals surface area contributed by atoms with Crippen LogP contribution >= 0.6 is 0 Å². The van der Waals surface area contributed by atoms with Crippen molar-refractivity contribution in [2.45, 2.75) is 33.2 Å². The number of methoxy groups -OCH3 is 1. The third kappa shape index (κ3) is 4.59. The Hall–Kier alpha value is -3.31. The number of imidazole rings is 2. The summed E-state index contributed by atoms with van der Waals surface area (Å²) in [7, 11) is 1.27. The Morgan fingerprint density at radius 1 is 1.20 bits per heavy atom. The molecule has 136 valence electrons. The number of carbonyl (C=O) groups is 1. The zero-order valence-corrected chi connectivity index (χ0v) is 14.3. The SMILES string of the molecule is COC(=O)C(C)(C)n1cc([N+](=O)[O-])nc1C.Cc1nc([N+](=O)[O-])c[nH]1. The number of aromatic nitrogens is 4. The van der Waals surface area contributed by atoms with Crippen LogP contribution in [0.3, 0.4) is 0 Å². The molecule has 0 bridgehead atoms. The zero-order chi connectivity index (χ0) is 19.4. The van der Waals surface area contributed by atoms with Crippen molar-refractivity contribution in [3.8, 4) is 0 Å². The molecule has 0 unspecified atom stereocenters. The summed E-state index contributed by atoms with van der Waals surface area (Å²) in [5.41, 5.74) is -1.01. The van der Waals surface area contributed by atoms with Gasteiger partial charge in [-0.1, -0.05) is 0 Å². The molecular formula is C13H18N6O6. The minimum atomic E-state index is -1.01. The van der Waals surface area contributed by atoms with E-state index >= 15 is 0 Å². The van der Waals surface area contributed by atoms with Gasteiger partial charge in [-0.25, -0.2) is 4.79 Å². The number of carbonyl (C=O) groups excluding carboxylic acids is 1. The Balaban J connectivity index is 0.000000293. The van der Waals surface area contributed by atoms with Gasteiger partial charge in [0.15, 0.2) is 0 Å². The fourth-order valence-electron chi connectivity index (χ4n) is 1.96. The van der Waals surface area contributed by atoms with Crippen molar-refractivity contribution in [1.82, 2.24) is 19.5 Å². The van der Waals surface area contributed by atoms with Crippen molar-refractivity contribution < 1.29 is 19.4 Å². The summed E-state index contributed by atoms with van der Waals surface area (Å²) in [4.78, 5) is 40.8. The van der Waals surface area contributed by atoms with E-state index in [0.29, 0.717) is 11.6 Å². The molecule has 0 aliphatic heterocycles. The third-order valence-corrected chi connectivity index (χ3v) is 3.22. The molecule has 2 heterocycles. The van der Waals surface area contributed by atoms with Crippen LogP contribution in [-0.4, -0.2) is 42.4 Å². The summed E-state index contributed by atoms with van der Waals surface area (Å²) in [6, 6.07) is 0. The third-order valence-electron chi connectivity index (χ3n) is 3.22. The lowest BCUT2D eigenvalue weighted by Crippen LogP contribution is -2.37. The van der Waals surface area contributed by atoms with Gasteiger partial charge in [0, 0.05) is 13.8 Å². The molecule has 12 heteroatoms. The fraction of sp³-hybridized carbons (Fsp3) is 0.462. The van der Waals surface area contributed by atoms with E-state index in [2.05, 4.69) is 19.7 Å². The molecule has 0 aliphatic carbocycles. The summed E-state index contributed by atoms with van der Waals surface area (Å²) in [5, 5.41) is 20.5. The van der Waals surface area contributed by atoms with Crippen molar-refractivity contribution in [3.63, 3.8) is 0 Å². The second kappa shape index (κ2) is 7.51. The van der Waals surface area contributed by atoms with E-state index < -0.39 is 21.4 Å². The number of nitrogens with zero attached hydrogens (tertiary/aromatic N) is 5. The zero-order valence-electron chi connectivity index (χ0n) is 14.3. The van der Waals surface area contributed by atoms with Gasteiger partial charge in [0.05, 0.1) is 7.11 Å². The number of H-pyrrole nitrogens is 1. The number of esters is 1. The van der Waals surface area contributed by atoms with E-state index in [1.807, 2.05) is 0 Å². The molecule has 0 spiro atoms. The number of hydrogen-bond donors (Lipinski definition) is 1. The first-order valence-corrected chi connectivity index (χ1v) is 6.96. The summed E-state index contributed by atoms with van der Waals surface area (Å²) in [6.07, 6.45) is 2.49. The Bertz CT molecular complexity index is 793. The molecule has 0 saturated heterocycles. The second-order valence-electron chi connectivity index (χ2n) is 5.43. The lowest BCUT2D eigenvalue weighted by atomic mass is 10.1. The lowest BCUT2D eigenvalue weighted by molar-refractivity contribution is -0.389. The van der Waals surface area contributed by atoms with Crippen molar-refractivity contribution in [3.05, 3.63) is 44.3 Å². The molecule has 0 fully saturated rings. The van der Waals surface area contributed by atoms with Gasteiger partial charge in [-0.05, 0) is 33.7 Å². The van der Waals surface area contributed by atoms with E-state index in [4.69, 9.17) is 0 Å². The maximum atomic E-state index is 11.5. The molecular weight excluding hydrogens is 336 g/mol. The monoisotopic (exact) mass is 354 g/mol. The summed E-state index contributed by atoms with van der Waals surface area (Å²) in [6.45, 7) is 6.47. The largest absolute Gasteiger partial charge is 0.467 e. The van der Waals surface area contributed by atoms with Crippen LogP contribution in [0.4, 0.5) is 11.6 Å². The first-order valence-electron chi connectivity index (χ1n) is 6.96. The number of nitrogens with one attached hydrogen (secondary N) is 1. The Kier molecular flexibility index (Phi) is 5.93. The Morgan fingerprint density at radius 3 is 2.08 bits per heavy atom. The molecule has 0 aromatic carbocycles. The van der Waals surface area contributed by atoms with Gasteiger partial charge in [0.25, 0.3) is 0 Å². The number of nitro groups is 2. The standard InChI is InChI=1S/C9H13N3O4.C4H5N3O2/c1-6-10-7(12(14)15)5-11(6)9(2,3)8(13)16-4;1-3-5-2-4(6-3)7(8)9/h5H,1-4H3;2H,1H3,(H,5,6). The Morgan fingerprint density at radius 2 is 1.76 bits per heavy atom. The van der Waals surface area contributed by atoms with Crippen molar-refractivity contribution in [2.75, 3.05) is 7.11 Å². The van der Waals surface area contributed by atoms with E-state index in [0.717, 1.165) is 0 Å². The summed E-state index contributed by atoms with van der Waals surface area (Å²) < 4.78 is 6.06. The van der Waals surface area contributed by atoms with Crippen molar-refractivity contribution in [2.24, 2.45) is 0 Å². The molecule has 2 aromatic rings. The van der Waals surface area contributed by atoms with Gasteiger partial charge < -0.3 is 29.9 Å². The highest BCUT2D eigenvalue weighted by Gasteiger charge is 2.35. The average Bonchev–Trinajstić information content (AvgIpc) is 3.13. The van der Waals surface area contributed by atoms with E-state index in [1.165, 1.54) is 24.1 Å². The summed E-state index contributed by atoms with van der Waals surface area (Å²) in [5.74, 6) is 0.0497. The molecule has 0 atom stereocenters. The fourth-order valence-corrected chi connectivity index (χ4v) is 1.96. The van der Waals surface area contributed by atoms with Crippen LogP contribution in [0.1, 0.15) is 25.5 Å². The predicted octanol–water partition coefficient (Wildman–Crippen LogP) is 1.63. The van der Waals surface area contributed by atoms with Gasteiger partial charge in [0.2, 0.25) is 11.6 Å². The van der Waals surface area contributed by atoms with Gasteiger partial charge in [-0.3, -0.25) is 4.57 Å². The highest BCUT2D eigenvalue weighted by atomic mass is 16.6. The van der Waals surface area contributed by atoms with Crippen LogP contribution in [0.5, 0.6) is 0 Å². The highest BCUT2D eigenvalue weighted by molar-refractivity contribution is 5.77. The predicted molar refractivity (Wildman–Crippen MR) is 84.9 cm³/mol. The molecule has 25 heavy (non-hydrogen) atoms. The maximum Gasteiger partial charge on any atom is 0.381 e. The number of hydrogen-bond acceptors (Lipinski definition) is 8. The minimum absolute atomic E-state index is 0.132. The maximum absolute atomic E-state index is 11.5. The molecule has 0 amide bonds. The minimum Gasteiger partial charge on any atom is -0.467 e. The van der Waals surface area contributed by atoms with Crippen LogP contribution in [-0.2, 0) is 15.1 Å². The number of ether oxygens (including phenoxy) is 1. The quantitative estimate of drug-likeness (QED) is 0.492. The Labute approximate surface area is 142 Å². The van der Waals surface area contributed by atoms with Crippen LogP contribution in [0.25, 0.3) is 0 Å². The molecule has 2 rings (SSSR count). The van der Waals surface area contributed by atoms with Gasteiger partial charge >= 0.3 is 17.6 Å². The second-order valence-corrected chi connectivity index (χ2v) is 5.43. The average molecular weight is 354 g/mol. The highest BCUT2D eigenvalue weighted by Crippen LogP contribution is 2.22. The molecule has 1 N–H and O–H groups in total. The van der Waals surface area contributed by atoms with Crippen molar-refractivity contribution >= 4 is 17.6 Å². The number of aryl methyl sites for hydroxylation is 2. The number of rotatable bonds is 4. The molecule has 0 radical (unpaired) electrons. The van der Waals surface area contributed by atoms with Gasteiger partial charge in [0.1, 0.15) is 17.9 Å². The molecule has 2 aromatic heterocycles. The first kappa shape index (κ1) is 19.7. The molecule has 0 aliphatic rings. The van der Waals surface area contributed by atoms with Crippen LogP contribution < -0.4 is 0 Å². The molecule has 12 nitrogen and oxygen atoms in total. The van der Waals surface area contributed by atoms with E-state index in [1.54, 1.807) is 27.7 Å². The van der Waals surface area contributed by atoms with Gasteiger partial charge in [-0.2, -0.15) is 0 Å². The smallest absolute Gasteiger partial charge is 0.381 e.